The molecule has 0 spiro atoms. The second-order valence-electron chi connectivity index (χ2n) is 5.32. The smallest absolute Gasteiger partial charge is 0.164 e. The van der Waals surface area contributed by atoms with Crippen molar-refractivity contribution < 1.29 is 14.3 Å². The average Bonchev–Trinajstić information content (AvgIpc) is 2.69. The summed E-state index contributed by atoms with van der Waals surface area (Å²) >= 11 is 0. The third-order valence-electron chi connectivity index (χ3n) is 4.00. The number of ketones is 1. The Morgan fingerprint density at radius 1 is 1.17 bits per heavy atom. The van der Waals surface area contributed by atoms with E-state index in [1.165, 1.54) is 12.8 Å². The summed E-state index contributed by atoms with van der Waals surface area (Å²) in [5.74, 6) is 0.535. The molecule has 104 valence electrons. The standard InChI is InChI=1S/C14H25NO3/c1-3-17-14(18-4-2)9-13(16)10-7-11-5-6-12(8-10)15-11/h10-12,14-15H,3-9H2,1-2H3. The van der Waals surface area contributed by atoms with Gasteiger partial charge in [0.15, 0.2) is 6.29 Å². The van der Waals surface area contributed by atoms with Gasteiger partial charge in [-0.15, -0.1) is 0 Å². The lowest BCUT2D eigenvalue weighted by Gasteiger charge is -2.29. The molecule has 0 aromatic heterocycles. The fourth-order valence-electron chi connectivity index (χ4n) is 3.19. The van der Waals surface area contributed by atoms with E-state index in [0.29, 0.717) is 37.5 Å². The van der Waals surface area contributed by atoms with E-state index in [0.717, 1.165) is 12.8 Å². The molecule has 18 heavy (non-hydrogen) atoms. The minimum atomic E-state index is -0.347. The van der Waals surface area contributed by atoms with E-state index >= 15 is 0 Å². The number of fused-ring (bicyclic) bond motifs is 2. The molecule has 0 aromatic rings. The van der Waals surface area contributed by atoms with Crippen molar-refractivity contribution in [3.8, 4) is 0 Å². The molecule has 0 aromatic carbocycles. The Balaban J connectivity index is 1.82. The van der Waals surface area contributed by atoms with E-state index in [9.17, 15) is 4.79 Å². The minimum absolute atomic E-state index is 0.215. The zero-order chi connectivity index (χ0) is 13.0. The SMILES string of the molecule is CCOC(CC(=O)C1CC2CCC(C1)N2)OCC. The number of carbonyl (C=O) groups excluding carboxylic acids is 1. The lowest BCUT2D eigenvalue weighted by atomic mass is 9.87. The van der Waals surface area contributed by atoms with Gasteiger partial charge in [0, 0.05) is 31.2 Å². The highest BCUT2D eigenvalue weighted by Crippen LogP contribution is 2.32. The highest BCUT2D eigenvalue weighted by Gasteiger charge is 2.36. The van der Waals surface area contributed by atoms with Crippen molar-refractivity contribution in [2.45, 2.75) is 64.3 Å². The molecule has 0 aliphatic carbocycles. The number of Topliss-reactive ketones (excluding diaryl/α,β-unsaturated/α-hetero) is 1. The van der Waals surface area contributed by atoms with Gasteiger partial charge in [0.2, 0.25) is 0 Å². The number of hydrogen-bond donors (Lipinski definition) is 1. The summed E-state index contributed by atoms with van der Waals surface area (Å²) in [5.41, 5.74) is 0. The van der Waals surface area contributed by atoms with Crippen molar-refractivity contribution in [1.29, 1.82) is 0 Å². The second kappa shape index (κ2) is 6.64. The van der Waals surface area contributed by atoms with Crippen LogP contribution >= 0.6 is 0 Å². The number of hydrogen-bond acceptors (Lipinski definition) is 4. The van der Waals surface area contributed by atoms with Crippen molar-refractivity contribution in [1.82, 2.24) is 5.32 Å². The van der Waals surface area contributed by atoms with Crippen LogP contribution in [0.2, 0.25) is 0 Å². The first-order valence-electron chi connectivity index (χ1n) is 7.24. The zero-order valence-corrected chi connectivity index (χ0v) is 11.5. The Labute approximate surface area is 109 Å². The van der Waals surface area contributed by atoms with E-state index < -0.39 is 0 Å². The van der Waals surface area contributed by atoms with Crippen LogP contribution in [-0.4, -0.2) is 37.4 Å². The van der Waals surface area contributed by atoms with Crippen molar-refractivity contribution in [3.05, 3.63) is 0 Å². The van der Waals surface area contributed by atoms with Gasteiger partial charge in [0.05, 0.1) is 6.42 Å². The van der Waals surface area contributed by atoms with E-state index in [2.05, 4.69) is 5.32 Å². The van der Waals surface area contributed by atoms with Crippen LogP contribution in [0.4, 0.5) is 0 Å². The fraction of sp³-hybridized carbons (Fsp3) is 0.929. The molecule has 2 unspecified atom stereocenters. The number of ether oxygens (including phenoxy) is 2. The van der Waals surface area contributed by atoms with Gasteiger partial charge in [0.25, 0.3) is 0 Å². The Bertz CT molecular complexity index is 264. The first-order chi connectivity index (χ1) is 8.72. The summed E-state index contributed by atoms with van der Waals surface area (Å²) in [5, 5.41) is 3.56. The van der Waals surface area contributed by atoms with Gasteiger partial charge in [-0.05, 0) is 39.5 Å². The molecule has 0 saturated carbocycles. The van der Waals surface area contributed by atoms with E-state index in [4.69, 9.17) is 9.47 Å². The van der Waals surface area contributed by atoms with Crippen LogP contribution < -0.4 is 5.32 Å². The van der Waals surface area contributed by atoms with Crippen LogP contribution in [0, 0.1) is 5.92 Å². The lowest BCUT2D eigenvalue weighted by Crippen LogP contribution is -2.41. The molecule has 2 fully saturated rings. The molecule has 0 amide bonds. The van der Waals surface area contributed by atoms with Crippen LogP contribution in [0.5, 0.6) is 0 Å². The van der Waals surface area contributed by atoms with Crippen molar-refractivity contribution >= 4 is 5.78 Å². The van der Waals surface area contributed by atoms with E-state index in [1.54, 1.807) is 0 Å². The molecule has 2 aliphatic rings. The highest BCUT2D eigenvalue weighted by molar-refractivity contribution is 5.81. The van der Waals surface area contributed by atoms with Crippen molar-refractivity contribution in [3.63, 3.8) is 0 Å². The maximum atomic E-state index is 12.3. The predicted octanol–water partition coefficient (Wildman–Crippen LogP) is 1.88. The maximum Gasteiger partial charge on any atom is 0.164 e. The molecule has 0 radical (unpaired) electrons. The quantitative estimate of drug-likeness (QED) is 0.706. The molecule has 2 aliphatic heterocycles. The summed E-state index contributed by atoms with van der Waals surface area (Å²) in [4.78, 5) is 12.3. The fourth-order valence-corrected chi connectivity index (χ4v) is 3.19. The van der Waals surface area contributed by atoms with Crippen LogP contribution in [0.1, 0.15) is 46.0 Å². The second-order valence-corrected chi connectivity index (χ2v) is 5.32. The van der Waals surface area contributed by atoms with Crippen LogP contribution in [0.15, 0.2) is 0 Å². The highest BCUT2D eigenvalue weighted by atomic mass is 16.7. The van der Waals surface area contributed by atoms with E-state index in [1.807, 2.05) is 13.8 Å². The molecule has 2 atom stereocenters. The molecule has 4 nitrogen and oxygen atoms in total. The number of carbonyl (C=O) groups is 1. The van der Waals surface area contributed by atoms with Crippen molar-refractivity contribution in [2.75, 3.05) is 13.2 Å². The monoisotopic (exact) mass is 255 g/mol. The van der Waals surface area contributed by atoms with Crippen LogP contribution in [0.3, 0.4) is 0 Å². The zero-order valence-electron chi connectivity index (χ0n) is 11.5. The molecular formula is C14H25NO3. The Morgan fingerprint density at radius 2 is 1.72 bits per heavy atom. The summed E-state index contributed by atoms with van der Waals surface area (Å²) in [6.45, 7) is 5.05. The molecular weight excluding hydrogens is 230 g/mol. The lowest BCUT2D eigenvalue weighted by molar-refractivity contribution is -0.155. The Kier molecular flexibility index (Phi) is 5.15. The first kappa shape index (κ1) is 14.0. The summed E-state index contributed by atoms with van der Waals surface area (Å²) in [7, 11) is 0. The topological polar surface area (TPSA) is 47.6 Å². The maximum absolute atomic E-state index is 12.3. The molecule has 2 bridgehead atoms. The van der Waals surface area contributed by atoms with Gasteiger partial charge in [-0.25, -0.2) is 0 Å². The van der Waals surface area contributed by atoms with Gasteiger partial charge in [0.1, 0.15) is 5.78 Å². The van der Waals surface area contributed by atoms with E-state index in [-0.39, 0.29) is 12.2 Å². The molecule has 1 N–H and O–H groups in total. The molecule has 2 saturated heterocycles. The minimum Gasteiger partial charge on any atom is -0.352 e. The van der Waals surface area contributed by atoms with Crippen molar-refractivity contribution in [2.24, 2.45) is 5.92 Å². The van der Waals surface area contributed by atoms with Crippen LogP contribution in [-0.2, 0) is 14.3 Å². The van der Waals surface area contributed by atoms with Gasteiger partial charge in [-0.1, -0.05) is 0 Å². The predicted molar refractivity (Wildman–Crippen MR) is 69.3 cm³/mol. The normalized spacial score (nSPS) is 30.9. The summed E-state index contributed by atoms with van der Waals surface area (Å²) < 4.78 is 10.9. The number of nitrogens with one attached hydrogen (secondary N) is 1. The number of piperidine rings is 1. The van der Waals surface area contributed by atoms with Gasteiger partial charge < -0.3 is 14.8 Å². The third-order valence-corrected chi connectivity index (χ3v) is 4.00. The Hall–Kier alpha value is -0.450. The van der Waals surface area contributed by atoms with Crippen LogP contribution in [0.25, 0.3) is 0 Å². The van der Waals surface area contributed by atoms with Gasteiger partial charge in [-0.2, -0.15) is 0 Å². The Morgan fingerprint density at radius 3 is 2.22 bits per heavy atom. The first-order valence-corrected chi connectivity index (χ1v) is 7.24. The molecule has 2 heterocycles. The third kappa shape index (κ3) is 3.53. The van der Waals surface area contributed by atoms with Gasteiger partial charge in [-0.3, -0.25) is 4.79 Å². The van der Waals surface area contributed by atoms with Gasteiger partial charge >= 0.3 is 0 Å². The largest absolute Gasteiger partial charge is 0.352 e. The molecule has 4 heteroatoms. The summed E-state index contributed by atoms with van der Waals surface area (Å²) in [6.07, 6.45) is 4.52. The average molecular weight is 255 g/mol. The summed E-state index contributed by atoms with van der Waals surface area (Å²) in [6, 6.07) is 1.13. The number of rotatable bonds is 7. The molecule has 2 rings (SSSR count).